The van der Waals surface area contributed by atoms with Crippen molar-refractivity contribution in [3.05, 3.63) is 47.5 Å². The minimum atomic E-state index is 0.378. The smallest absolute Gasteiger partial charge is 0.169 e. The summed E-state index contributed by atoms with van der Waals surface area (Å²) in [5.41, 5.74) is 2.42. The quantitative estimate of drug-likeness (QED) is 0.501. The topological polar surface area (TPSA) is 43.6 Å². The van der Waals surface area contributed by atoms with E-state index in [1.807, 2.05) is 16.7 Å². The maximum Gasteiger partial charge on any atom is 0.169 e. The lowest BCUT2D eigenvalue weighted by molar-refractivity contribution is 1.07. The van der Waals surface area contributed by atoms with Gasteiger partial charge in [-0.05, 0) is 6.07 Å². The van der Waals surface area contributed by atoms with E-state index in [-0.39, 0.29) is 0 Å². The fraction of sp³-hybridized carbons (Fsp3) is 0. The molecule has 0 aliphatic rings. The second kappa shape index (κ2) is 4.01. The number of thiophene rings is 1. The molecule has 0 bridgehead atoms. The van der Waals surface area contributed by atoms with Crippen LogP contribution < -0.4 is 0 Å². The van der Waals surface area contributed by atoms with Gasteiger partial charge in [0.2, 0.25) is 0 Å². The Morgan fingerprint density at radius 2 is 2.00 bits per heavy atom. The maximum atomic E-state index is 6.03. The van der Waals surface area contributed by atoms with Crippen LogP contribution in [0.2, 0.25) is 5.15 Å². The van der Waals surface area contributed by atoms with Gasteiger partial charge in [0.15, 0.2) is 10.8 Å². The van der Waals surface area contributed by atoms with Gasteiger partial charge in [0, 0.05) is 15.5 Å². The Labute approximate surface area is 117 Å². The number of benzene rings is 1. The van der Waals surface area contributed by atoms with Crippen molar-refractivity contribution < 1.29 is 0 Å². The summed E-state index contributed by atoms with van der Waals surface area (Å²) in [6.45, 7) is 0. The van der Waals surface area contributed by atoms with Crippen molar-refractivity contribution in [3.63, 3.8) is 0 Å². The molecule has 6 heteroatoms. The van der Waals surface area contributed by atoms with Gasteiger partial charge in [-0.1, -0.05) is 29.8 Å². The first-order valence-corrected chi connectivity index (χ1v) is 6.90. The minimum Gasteiger partial charge on any atom is -0.282 e. The van der Waals surface area contributed by atoms with Crippen LogP contribution in [0, 0.1) is 0 Å². The first-order valence-electron chi connectivity index (χ1n) is 5.65. The van der Waals surface area contributed by atoms with Gasteiger partial charge in [0.1, 0.15) is 18.2 Å². The molecule has 4 rings (SSSR count). The van der Waals surface area contributed by atoms with E-state index >= 15 is 0 Å². The summed E-state index contributed by atoms with van der Waals surface area (Å²) in [6, 6.07) is 8.26. The normalized spacial score (nSPS) is 11.4. The van der Waals surface area contributed by atoms with E-state index in [0.29, 0.717) is 10.7 Å². The summed E-state index contributed by atoms with van der Waals surface area (Å²) in [4.78, 5) is 12.5. The monoisotopic (exact) mass is 286 g/mol. The molecule has 0 saturated carbocycles. The zero-order valence-corrected chi connectivity index (χ0v) is 11.2. The van der Waals surface area contributed by atoms with Crippen LogP contribution in [0.4, 0.5) is 0 Å². The van der Waals surface area contributed by atoms with Crippen LogP contribution in [-0.4, -0.2) is 19.5 Å². The van der Waals surface area contributed by atoms with Crippen LogP contribution in [0.15, 0.2) is 42.3 Å². The summed E-state index contributed by atoms with van der Waals surface area (Å²) < 4.78 is 3.18. The van der Waals surface area contributed by atoms with E-state index in [1.165, 1.54) is 16.4 Å². The van der Waals surface area contributed by atoms with Crippen molar-refractivity contribution in [3.8, 4) is 5.69 Å². The maximum absolute atomic E-state index is 6.03. The second-order valence-corrected chi connectivity index (χ2v) is 5.34. The Bertz CT molecular complexity index is 896. The van der Waals surface area contributed by atoms with Crippen molar-refractivity contribution in [1.82, 2.24) is 19.5 Å². The third-order valence-corrected chi connectivity index (χ3v) is 4.24. The first-order chi connectivity index (χ1) is 9.34. The lowest BCUT2D eigenvalue weighted by atomic mass is 10.2. The largest absolute Gasteiger partial charge is 0.282 e. The molecular formula is C13H7ClN4S. The average molecular weight is 287 g/mol. The molecule has 92 valence electrons. The van der Waals surface area contributed by atoms with Crippen molar-refractivity contribution in [1.29, 1.82) is 0 Å². The highest BCUT2D eigenvalue weighted by Gasteiger charge is 2.12. The molecule has 0 unspecified atom stereocenters. The minimum absolute atomic E-state index is 0.378. The van der Waals surface area contributed by atoms with Gasteiger partial charge in [-0.15, -0.1) is 11.3 Å². The van der Waals surface area contributed by atoms with Crippen LogP contribution >= 0.6 is 22.9 Å². The molecule has 0 atom stereocenters. The zero-order valence-electron chi connectivity index (χ0n) is 9.62. The van der Waals surface area contributed by atoms with Gasteiger partial charge >= 0.3 is 0 Å². The SMILES string of the molecule is Clc1ncnc2c1ncn2-c1csc2ccccc12. The lowest BCUT2D eigenvalue weighted by Gasteiger charge is -2.01. The zero-order chi connectivity index (χ0) is 12.8. The highest BCUT2D eigenvalue weighted by Crippen LogP contribution is 2.30. The van der Waals surface area contributed by atoms with Crippen LogP contribution in [0.5, 0.6) is 0 Å². The molecule has 3 aromatic heterocycles. The highest BCUT2D eigenvalue weighted by atomic mass is 35.5. The molecule has 4 aromatic rings. The Morgan fingerprint density at radius 3 is 2.95 bits per heavy atom. The number of aromatic nitrogens is 4. The summed E-state index contributed by atoms with van der Waals surface area (Å²) in [5, 5.41) is 3.66. The number of hydrogen-bond donors (Lipinski definition) is 0. The number of rotatable bonds is 1. The molecule has 1 aromatic carbocycles. The number of nitrogens with zero attached hydrogens (tertiary/aromatic N) is 4. The molecule has 0 spiro atoms. The molecule has 4 nitrogen and oxygen atoms in total. The van der Waals surface area contributed by atoms with Gasteiger partial charge < -0.3 is 0 Å². The van der Waals surface area contributed by atoms with E-state index in [2.05, 4.69) is 32.5 Å². The summed E-state index contributed by atoms with van der Waals surface area (Å²) in [5.74, 6) is 0. The van der Waals surface area contributed by atoms with Gasteiger partial charge in [-0.2, -0.15) is 0 Å². The molecule has 0 amide bonds. The Balaban J connectivity index is 2.07. The van der Waals surface area contributed by atoms with Crippen molar-refractivity contribution in [2.75, 3.05) is 0 Å². The fourth-order valence-corrected chi connectivity index (χ4v) is 3.25. The number of halogens is 1. The van der Waals surface area contributed by atoms with Crippen molar-refractivity contribution in [2.45, 2.75) is 0 Å². The highest BCUT2D eigenvalue weighted by molar-refractivity contribution is 7.17. The predicted octanol–water partition coefficient (Wildman–Crippen LogP) is 3.68. The Kier molecular flexibility index (Phi) is 2.30. The first kappa shape index (κ1) is 10.9. The summed E-state index contributed by atoms with van der Waals surface area (Å²) >= 11 is 7.73. The van der Waals surface area contributed by atoms with Gasteiger partial charge in [0.25, 0.3) is 0 Å². The van der Waals surface area contributed by atoms with E-state index in [4.69, 9.17) is 11.6 Å². The average Bonchev–Trinajstić information content (AvgIpc) is 3.02. The molecule has 0 aliphatic heterocycles. The molecule has 0 aliphatic carbocycles. The van der Waals surface area contributed by atoms with Crippen LogP contribution in [0.3, 0.4) is 0 Å². The molecule has 0 N–H and O–H groups in total. The third kappa shape index (κ3) is 1.55. The molecule has 0 saturated heterocycles. The van der Waals surface area contributed by atoms with Crippen LogP contribution in [-0.2, 0) is 0 Å². The van der Waals surface area contributed by atoms with Gasteiger partial charge in [-0.25, -0.2) is 15.0 Å². The summed E-state index contributed by atoms with van der Waals surface area (Å²) in [6.07, 6.45) is 3.19. The van der Waals surface area contributed by atoms with Crippen LogP contribution in [0.25, 0.3) is 26.9 Å². The van der Waals surface area contributed by atoms with E-state index in [9.17, 15) is 0 Å². The standard InChI is InChI=1S/C13H7ClN4S/c14-12-11-13(16-6-15-12)18(7-17-11)9-5-19-10-4-2-1-3-8(9)10/h1-7H. The molecular weight excluding hydrogens is 280 g/mol. The van der Waals surface area contributed by atoms with E-state index in [0.717, 1.165) is 11.3 Å². The van der Waals surface area contributed by atoms with Gasteiger partial charge in [-0.3, -0.25) is 4.57 Å². The molecule has 0 radical (unpaired) electrons. The lowest BCUT2D eigenvalue weighted by Crippen LogP contribution is -1.93. The number of fused-ring (bicyclic) bond motifs is 2. The predicted molar refractivity (Wildman–Crippen MR) is 77.1 cm³/mol. The van der Waals surface area contributed by atoms with Crippen LogP contribution in [0.1, 0.15) is 0 Å². The fourth-order valence-electron chi connectivity index (χ4n) is 2.13. The number of hydrogen-bond acceptors (Lipinski definition) is 4. The molecule has 19 heavy (non-hydrogen) atoms. The third-order valence-electron chi connectivity index (χ3n) is 3.01. The van der Waals surface area contributed by atoms with Gasteiger partial charge in [0.05, 0.1) is 5.69 Å². The van der Waals surface area contributed by atoms with Crippen molar-refractivity contribution >= 4 is 44.2 Å². The van der Waals surface area contributed by atoms with E-state index < -0.39 is 0 Å². The van der Waals surface area contributed by atoms with E-state index in [1.54, 1.807) is 17.7 Å². The Morgan fingerprint density at radius 1 is 1.11 bits per heavy atom. The second-order valence-electron chi connectivity index (χ2n) is 4.07. The Hall–Kier alpha value is -1.98. The number of imidazole rings is 1. The summed E-state index contributed by atoms with van der Waals surface area (Å²) in [7, 11) is 0. The molecule has 0 fully saturated rings. The van der Waals surface area contributed by atoms with Crippen molar-refractivity contribution in [2.24, 2.45) is 0 Å². The molecule has 3 heterocycles.